The Kier molecular flexibility index (Phi) is 7.29. The number of aromatic nitrogens is 1. The Morgan fingerprint density at radius 2 is 1.94 bits per heavy atom. The smallest absolute Gasteiger partial charge is 0.414 e. The first-order valence-corrected chi connectivity index (χ1v) is 10.3. The van der Waals surface area contributed by atoms with E-state index in [4.69, 9.17) is 22.4 Å². The summed E-state index contributed by atoms with van der Waals surface area (Å²) in [6, 6.07) is 0.0306. The summed E-state index contributed by atoms with van der Waals surface area (Å²) < 4.78 is 54.8. The molecule has 2 heterocycles. The number of amides is 3. The zero-order valence-corrected chi connectivity index (χ0v) is 18.4. The van der Waals surface area contributed by atoms with Gasteiger partial charge in [-0.25, -0.2) is 4.39 Å². The monoisotopic (exact) mass is 516 g/mol. The highest BCUT2D eigenvalue weighted by Gasteiger charge is 2.45. The first-order chi connectivity index (χ1) is 16.3. The second kappa shape index (κ2) is 9.86. The van der Waals surface area contributed by atoms with Crippen LogP contribution in [0.4, 0.5) is 17.6 Å². The highest BCUT2D eigenvalue weighted by Crippen LogP contribution is 2.34. The number of nitrogens with one attached hydrogen (secondary N) is 1. The molecule has 1 aliphatic heterocycles. The maximum Gasteiger partial charge on any atom is 0.414 e. The number of hydrogen-bond acceptors (Lipinski definition) is 5. The summed E-state index contributed by atoms with van der Waals surface area (Å²) in [5.74, 6) is -5.38. The van der Waals surface area contributed by atoms with Crippen LogP contribution < -0.4 is 11.1 Å². The van der Waals surface area contributed by atoms with Crippen molar-refractivity contribution in [2.45, 2.75) is 37.6 Å². The molecule has 2 unspecified atom stereocenters. The van der Waals surface area contributed by atoms with Gasteiger partial charge < -0.3 is 21.1 Å². The molecule has 0 bridgehead atoms. The number of hydrogen-bond donors (Lipinski definition) is 3. The number of alkyl halides is 3. The second-order valence-corrected chi connectivity index (χ2v) is 8.06. The highest BCUT2D eigenvalue weighted by atomic mass is 35.5. The summed E-state index contributed by atoms with van der Waals surface area (Å²) in [6.45, 7) is -0.224. The Balaban J connectivity index is 1.85. The Morgan fingerprint density at radius 1 is 1.26 bits per heavy atom. The molecule has 0 spiro atoms. The van der Waals surface area contributed by atoms with E-state index in [1.807, 2.05) is 0 Å². The van der Waals surface area contributed by atoms with Crippen LogP contribution in [0.25, 0.3) is 0 Å². The summed E-state index contributed by atoms with van der Waals surface area (Å²) in [4.78, 5) is 52.3. The van der Waals surface area contributed by atoms with Crippen LogP contribution in [0.5, 0.6) is 0 Å². The van der Waals surface area contributed by atoms with Gasteiger partial charge in [0.05, 0.1) is 5.02 Å². The summed E-state index contributed by atoms with van der Waals surface area (Å²) in [5.41, 5.74) is 4.23. The predicted octanol–water partition coefficient (Wildman–Crippen LogP) is 2.58. The molecule has 4 N–H and O–H groups in total. The zero-order chi connectivity index (χ0) is 26.1. The zero-order valence-electron chi connectivity index (χ0n) is 17.6. The minimum atomic E-state index is -5.10. The molecule has 35 heavy (non-hydrogen) atoms. The summed E-state index contributed by atoms with van der Waals surface area (Å²) in [7, 11) is 0. The van der Waals surface area contributed by atoms with Crippen LogP contribution in [0, 0.1) is 5.82 Å². The lowest BCUT2D eigenvalue weighted by Crippen LogP contribution is -2.45. The normalized spacial score (nSPS) is 14.9. The molecule has 0 saturated heterocycles. The molecule has 2 atom stereocenters. The minimum Gasteiger partial charge on any atom is -0.481 e. The summed E-state index contributed by atoms with van der Waals surface area (Å²) >= 11 is 5.53. The number of fused-ring (bicyclic) bond motifs is 1. The Morgan fingerprint density at radius 3 is 2.51 bits per heavy atom. The molecule has 0 fully saturated rings. The van der Waals surface area contributed by atoms with E-state index in [0.717, 1.165) is 23.2 Å². The lowest BCUT2D eigenvalue weighted by molar-refractivity contribution is -0.156. The van der Waals surface area contributed by atoms with Crippen LogP contribution in [0.3, 0.4) is 0 Å². The van der Waals surface area contributed by atoms with E-state index in [9.17, 15) is 36.7 Å². The van der Waals surface area contributed by atoms with Gasteiger partial charge in [-0.2, -0.15) is 13.2 Å². The SMILES string of the molecule is NC(=O)C(CCC(=O)O)N1Cc2cc(C(=O)NC(c3ncc(Cl)cc3F)C(F)(F)F)ccc2C1=O. The standard InChI is InChI=1S/C21H17ClF4N4O5/c22-11-6-13(23)16(28-7-11)17(21(24,25)26)29-19(34)9-1-2-12-10(5-9)8-30(20(12)35)14(18(27)33)3-4-15(31)32/h1-2,5-7,14,17H,3-4,8H2,(H2,27,33)(H,29,34)(H,31,32). The van der Waals surface area contributed by atoms with Gasteiger partial charge in [-0.3, -0.25) is 24.2 Å². The number of carbonyl (C=O) groups excluding carboxylic acids is 3. The number of primary amides is 1. The number of rotatable bonds is 8. The van der Waals surface area contributed by atoms with E-state index in [2.05, 4.69) is 4.98 Å². The largest absolute Gasteiger partial charge is 0.481 e. The fourth-order valence-electron chi connectivity index (χ4n) is 3.61. The molecule has 1 aromatic heterocycles. The van der Waals surface area contributed by atoms with Gasteiger partial charge in [0.25, 0.3) is 11.8 Å². The van der Waals surface area contributed by atoms with Gasteiger partial charge in [-0.05, 0) is 36.2 Å². The van der Waals surface area contributed by atoms with Crippen LogP contribution in [0.2, 0.25) is 5.02 Å². The van der Waals surface area contributed by atoms with E-state index in [1.165, 1.54) is 6.07 Å². The molecule has 1 aliphatic rings. The molecule has 2 aromatic rings. The molecule has 186 valence electrons. The summed E-state index contributed by atoms with van der Waals surface area (Å²) in [6.07, 6.45) is -4.97. The number of carboxylic acids is 1. The first kappa shape index (κ1) is 25.9. The van der Waals surface area contributed by atoms with E-state index in [-0.39, 0.29) is 34.7 Å². The van der Waals surface area contributed by atoms with Gasteiger partial charge in [0.15, 0.2) is 6.04 Å². The number of pyridine rings is 1. The van der Waals surface area contributed by atoms with Crippen molar-refractivity contribution in [1.29, 1.82) is 0 Å². The molecule has 14 heteroatoms. The van der Waals surface area contributed by atoms with Crippen LogP contribution in [0.15, 0.2) is 30.5 Å². The van der Waals surface area contributed by atoms with Gasteiger partial charge >= 0.3 is 12.1 Å². The molecular weight excluding hydrogens is 500 g/mol. The van der Waals surface area contributed by atoms with E-state index in [1.54, 1.807) is 5.32 Å². The van der Waals surface area contributed by atoms with Gasteiger partial charge in [0, 0.05) is 30.3 Å². The third kappa shape index (κ3) is 5.67. The number of benzene rings is 1. The third-order valence-electron chi connectivity index (χ3n) is 5.25. The second-order valence-electron chi connectivity index (χ2n) is 7.62. The number of halogens is 5. The van der Waals surface area contributed by atoms with Crippen LogP contribution in [-0.2, 0) is 16.1 Å². The van der Waals surface area contributed by atoms with Crippen molar-refractivity contribution in [3.63, 3.8) is 0 Å². The van der Waals surface area contributed by atoms with Crippen molar-refractivity contribution in [3.8, 4) is 0 Å². The van der Waals surface area contributed by atoms with E-state index < -0.39 is 59.9 Å². The number of carbonyl (C=O) groups is 4. The molecule has 3 rings (SSSR count). The van der Waals surface area contributed by atoms with Crippen molar-refractivity contribution in [1.82, 2.24) is 15.2 Å². The fraction of sp³-hybridized carbons (Fsp3) is 0.286. The maximum absolute atomic E-state index is 14.1. The van der Waals surface area contributed by atoms with E-state index in [0.29, 0.717) is 6.07 Å². The van der Waals surface area contributed by atoms with E-state index >= 15 is 0 Å². The average molecular weight is 517 g/mol. The van der Waals surface area contributed by atoms with Crippen molar-refractivity contribution in [3.05, 3.63) is 63.7 Å². The quantitative estimate of drug-likeness (QED) is 0.460. The topological polar surface area (TPSA) is 143 Å². The Hall–Kier alpha value is -3.74. The molecule has 0 radical (unpaired) electrons. The predicted molar refractivity (Wildman–Crippen MR) is 112 cm³/mol. The molecule has 0 aliphatic carbocycles. The van der Waals surface area contributed by atoms with Gasteiger partial charge in [0.1, 0.15) is 17.6 Å². The Labute approximate surface area is 199 Å². The highest BCUT2D eigenvalue weighted by molar-refractivity contribution is 6.30. The van der Waals surface area contributed by atoms with Crippen molar-refractivity contribution in [2.75, 3.05) is 0 Å². The molecule has 3 amide bonds. The van der Waals surface area contributed by atoms with Crippen LogP contribution in [0.1, 0.15) is 50.9 Å². The number of aliphatic carboxylic acids is 1. The first-order valence-electron chi connectivity index (χ1n) is 9.93. The van der Waals surface area contributed by atoms with Gasteiger partial charge in [-0.15, -0.1) is 0 Å². The molecular formula is C21H17ClF4N4O5. The molecule has 0 saturated carbocycles. The third-order valence-corrected chi connectivity index (χ3v) is 5.45. The fourth-order valence-corrected chi connectivity index (χ4v) is 3.75. The maximum atomic E-state index is 14.1. The molecule has 9 nitrogen and oxygen atoms in total. The van der Waals surface area contributed by atoms with Crippen LogP contribution >= 0.6 is 11.6 Å². The Bertz CT molecular complexity index is 1210. The molecule has 1 aromatic carbocycles. The number of nitrogens with two attached hydrogens (primary N) is 1. The number of carboxylic acid groups (broad SMARTS) is 1. The van der Waals surface area contributed by atoms with Crippen molar-refractivity contribution < 1.29 is 41.8 Å². The number of nitrogens with zero attached hydrogens (tertiary/aromatic N) is 2. The lowest BCUT2D eigenvalue weighted by atomic mass is 10.0. The van der Waals surface area contributed by atoms with Crippen molar-refractivity contribution in [2.24, 2.45) is 5.73 Å². The van der Waals surface area contributed by atoms with Gasteiger partial charge in [-0.1, -0.05) is 11.6 Å². The average Bonchev–Trinajstić information content (AvgIpc) is 3.07. The lowest BCUT2D eigenvalue weighted by Gasteiger charge is -2.24. The summed E-state index contributed by atoms with van der Waals surface area (Å²) in [5, 5.41) is 10.3. The van der Waals surface area contributed by atoms with Gasteiger partial charge in [0.2, 0.25) is 5.91 Å². The van der Waals surface area contributed by atoms with Crippen LogP contribution in [-0.4, -0.2) is 50.9 Å². The van der Waals surface area contributed by atoms with Crippen molar-refractivity contribution >= 4 is 35.3 Å². The minimum absolute atomic E-state index is 0.0703.